The van der Waals surface area contributed by atoms with Crippen LogP contribution in [0.4, 0.5) is 4.39 Å². The molecule has 0 radical (unpaired) electrons. The number of aliphatic hydroxyl groups is 1. The van der Waals surface area contributed by atoms with Crippen LogP contribution < -0.4 is 4.74 Å². The van der Waals surface area contributed by atoms with E-state index in [2.05, 4.69) is 4.90 Å². The number of amides is 1. The highest BCUT2D eigenvalue weighted by Crippen LogP contribution is 2.39. The van der Waals surface area contributed by atoms with Gasteiger partial charge in [0.05, 0.1) is 24.8 Å². The van der Waals surface area contributed by atoms with Crippen LogP contribution in [0.2, 0.25) is 0 Å². The highest BCUT2D eigenvalue weighted by Gasteiger charge is 2.46. The molecule has 2 heterocycles. The second kappa shape index (κ2) is 11.8. The third-order valence-electron chi connectivity index (χ3n) is 7.10. The minimum absolute atomic E-state index is 0.0120. The minimum Gasteiger partial charge on any atom is -0.507 e. The van der Waals surface area contributed by atoms with E-state index in [9.17, 15) is 19.1 Å². The molecule has 2 aliphatic rings. The van der Waals surface area contributed by atoms with E-state index in [0.717, 1.165) is 24.2 Å². The van der Waals surface area contributed by atoms with Gasteiger partial charge in [0.15, 0.2) is 0 Å². The van der Waals surface area contributed by atoms with E-state index < -0.39 is 23.5 Å². The van der Waals surface area contributed by atoms with E-state index in [1.807, 2.05) is 31.2 Å². The number of rotatable bonds is 8. The normalized spacial score (nSPS) is 19.4. The summed E-state index contributed by atoms with van der Waals surface area (Å²) in [5, 5.41) is 11.3. The van der Waals surface area contributed by atoms with Gasteiger partial charge >= 0.3 is 0 Å². The monoisotopic (exact) mass is 530 g/mol. The van der Waals surface area contributed by atoms with Crippen molar-refractivity contribution in [1.29, 1.82) is 0 Å². The van der Waals surface area contributed by atoms with E-state index in [-0.39, 0.29) is 17.9 Å². The number of benzene rings is 3. The van der Waals surface area contributed by atoms with Crippen LogP contribution in [0.5, 0.6) is 5.75 Å². The molecule has 5 rings (SSSR count). The molecule has 0 aliphatic carbocycles. The lowest BCUT2D eigenvalue weighted by atomic mass is 9.95. The van der Waals surface area contributed by atoms with Crippen LogP contribution in [-0.4, -0.2) is 66.0 Å². The summed E-state index contributed by atoms with van der Waals surface area (Å²) in [4.78, 5) is 30.0. The predicted octanol–water partition coefficient (Wildman–Crippen LogP) is 4.47. The second-order valence-corrected chi connectivity index (χ2v) is 9.80. The molecule has 7 nitrogen and oxygen atoms in total. The molecule has 8 heteroatoms. The molecule has 0 saturated carbocycles. The number of carbonyl (C=O) groups excluding carboxylic acids is 2. The first-order valence-electron chi connectivity index (χ1n) is 13.0. The fourth-order valence-corrected chi connectivity index (χ4v) is 5.01. The Morgan fingerprint density at radius 2 is 1.72 bits per heavy atom. The number of likely N-dealkylation sites (tertiary alicyclic amines) is 1. The molecule has 0 aromatic heterocycles. The zero-order chi connectivity index (χ0) is 27.4. The summed E-state index contributed by atoms with van der Waals surface area (Å²) in [7, 11) is 0. The van der Waals surface area contributed by atoms with Crippen LogP contribution in [0.1, 0.15) is 28.3 Å². The molecule has 3 aromatic carbocycles. The maximum atomic E-state index is 13.7. The molecular weight excluding hydrogens is 499 g/mol. The second-order valence-electron chi connectivity index (χ2n) is 9.80. The average Bonchev–Trinajstić information content (AvgIpc) is 3.21. The SMILES string of the molecule is Cc1cccc(COc2ccc(C(O)=C3C(=O)C(=O)N(CCN4CCOCC4)[C@H]3c3ccc(F)cc3)cc2)c1. The highest BCUT2D eigenvalue weighted by atomic mass is 19.1. The van der Waals surface area contributed by atoms with Crippen molar-refractivity contribution in [2.45, 2.75) is 19.6 Å². The van der Waals surface area contributed by atoms with Crippen molar-refractivity contribution in [3.05, 3.63) is 106 Å². The number of aryl methyl sites for hydroxylation is 1. The first-order chi connectivity index (χ1) is 18.9. The van der Waals surface area contributed by atoms with Gasteiger partial charge < -0.3 is 19.5 Å². The number of carbonyl (C=O) groups is 2. The van der Waals surface area contributed by atoms with Gasteiger partial charge in [-0.05, 0) is 54.4 Å². The summed E-state index contributed by atoms with van der Waals surface area (Å²) in [6.07, 6.45) is 0. The Labute approximate surface area is 227 Å². The third-order valence-corrected chi connectivity index (χ3v) is 7.10. The Hall–Kier alpha value is -4.01. The fraction of sp³-hybridized carbons (Fsp3) is 0.290. The van der Waals surface area contributed by atoms with Gasteiger partial charge in [-0.1, -0.05) is 42.0 Å². The molecule has 0 unspecified atom stereocenters. The number of halogens is 1. The molecule has 1 atom stereocenters. The van der Waals surface area contributed by atoms with Gasteiger partial charge in [0.2, 0.25) is 0 Å². The number of ketones is 1. The molecule has 3 aromatic rings. The van der Waals surface area contributed by atoms with Crippen LogP contribution in [-0.2, 0) is 20.9 Å². The third kappa shape index (κ3) is 6.02. The van der Waals surface area contributed by atoms with Crippen LogP contribution in [0.3, 0.4) is 0 Å². The summed E-state index contributed by atoms with van der Waals surface area (Å²) < 4.78 is 25.0. The Balaban J connectivity index is 1.41. The largest absolute Gasteiger partial charge is 0.507 e. The minimum atomic E-state index is -0.830. The number of Topliss-reactive ketones (excluding diaryl/α,β-unsaturated/α-hetero) is 1. The van der Waals surface area contributed by atoms with E-state index >= 15 is 0 Å². The predicted molar refractivity (Wildman–Crippen MR) is 145 cm³/mol. The van der Waals surface area contributed by atoms with Gasteiger partial charge in [-0.15, -0.1) is 0 Å². The van der Waals surface area contributed by atoms with Crippen molar-refractivity contribution in [2.75, 3.05) is 39.4 Å². The standard InChI is InChI=1S/C31H31FN2O5/c1-21-3-2-4-22(19-21)20-39-26-11-7-24(8-12-26)29(35)27-28(23-5-9-25(32)10-6-23)34(31(37)30(27)36)14-13-33-15-17-38-18-16-33/h2-12,19,28,35H,13-18,20H2,1H3/t28-/m0/s1. The van der Waals surface area contributed by atoms with Crippen molar-refractivity contribution in [1.82, 2.24) is 9.80 Å². The lowest BCUT2D eigenvalue weighted by molar-refractivity contribution is -0.140. The summed E-state index contributed by atoms with van der Waals surface area (Å²) >= 11 is 0. The molecule has 202 valence electrons. The maximum absolute atomic E-state index is 13.7. The quantitative estimate of drug-likeness (QED) is 0.263. The van der Waals surface area contributed by atoms with Gasteiger partial charge in [-0.2, -0.15) is 0 Å². The molecule has 39 heavy (non-hydrogen) atoms. The Bertz CT molecular complexity index is 1360. The number of morpholine rings is 1. The van der Waals surface area contributed by atoms with Crippen LogP contribution >= 0.6 is 0 Å². The summed E-state index contributed by atoms with van der Waals surface area (Å²) in [6, 6.07) is 19.6. The average molecular weight is 531 g/mol. The summed E-state index contributed by atoms with van der Waals surface area (Å²) in [6.45, 7) is 5.97. The number of hydrogen-bond acceptors (Lipinski definition) is 6. The first kappa shape index (κ1) is 26.6. The van der Waals surface area contributed by atoms with E-state index in [0.29, 0.717) is 43.2 Å². The van der Waals surface area contributed by atoms with Gasteiger partial charge in [-0.3, -0.25) is 14.5 Å². The van der Waals surface area contributed by atoms with Gasteiger partial charge in [-0.25, -0.2) is 4.39 Å². The Kier molecular flexibility index (Phi) is 8.05. The molecule has 1 amide bonds. The lowest BCUT2D eigenvalue weighted by Crippen LogP contribution is -2.42. The zero-order valence-electron chi connectivity index (χ0n) is 21.8. The maximum Gasteiger partial charge on any atom is 0.295 e. The molecule has 1 N–H and O–H groups in total. The van der Waals surface area contributed by atoms with E-state index in [4.69, 9.17) is 9.47 Å². The van der Waals surface area contributed by atoms with E-state index in [1.165, 1.54) is 17.0 Å². The summed E-state index contributed by atoms with van der Waals surface area (Å²) in [5.41, 5.74) is 3.11. The van der Waals surface area contributed by atoms with Crippen LogP contribution in [0.15, 0.2) is 78.4 Å². The Morgan fingerprint density at radius 1 is 1.00 bits per heavy atom. The molecule has 2 aliphatic heterocycles. The Morgan fingerprint density at radius 3 is 2.41 bits per heavy atom. The van der Waals surface area contributed by atoms with E-state index in [1.54, 1.807) is 36.4 Å². The number of aliphatic hydroxyl groups excluding tert-OH is 1. The number of nitrogens with zero attached hydrogens (tertiary/aromatic N) is 2. The zero-order valence-corrected chi connectivity index (χ0v) is 21.8. The molecule has 2 fully saturated rings. The topological polar surface area (TPSA) is 79.3 Å². The van der Waals surface area contributed by atoms with Crippen LogP contribution in [0, 0.1) is 12.7 Å². The molecular formula is C31H31FN2O5. The van der Waals surface area contributed by atoms with Gasteiger partial charge in [0.25, 0.3) is 11.7 Å². The fourth-order valence-electron chi connectivity index (χ4n) is 5.01. The van der Waals surface area contributed by atoms with Crippen molar-refractivity contribution in [2.24, 2.45) is 0 Å². The number of ether oxygens (including phenoxy) is 2. The summed E-state index contributed by atoms with van der Waals surface area (Å²) in [5.74, 6) is -1.54. The van der Waals surface area contributed by atoms with Crippen molar-refractivity contribution >= 4 is 17.4 Å². The van der Waals surface area contributed by atoms with Gasteiger partial charge in [0.1, 0.15) is 23.9 Å². The molecule has 0 bridgehead atoms. The molecule has 0 spiro atoms. The van der Waals surface area contributed by atoms with Crippen molar-refractivity contribution < 1.29 is 28.6 Å². The van der Waals surface area contributed by atoms with Crippen molar-refractivity contribution in [3.8, 4) is 5.75 Å². The van der Waals surface area contributed by atoms with Crippen LogP contribution in [0.25, 0.3) is 5.76 Å². The molecule has 2 saturated heterocycles. The van der Waals surface area contributed by atoms with Crippen molar-refractivity contribution in [3.63, 3.8) is 0 Å². The van der Waals surface area contributed by atoms with Gasteiger partial charge in [0, 0.05) is 31.7 Å². The smallest absolute Gasteiger partial charge is 0.295 e. The highest BCUT2D eigenvalue weighted by molar-refractivity contribution is 6.46. The number of hydrogen-bond donors (Lipinski definition) is 1. The lowest BCUT2D eigenvalue weighted by Gasteiger charge is -2.31. The first-order valence-corrected chi connectivity index (χ1v) is 13.0.